The first-order valence-electron chi connectivity index (χ1n) is 5.95. The van der Waals surface area contributed by atoms with Gasteiger partial charge in [-0.1, -0.05) is 0 Å². The molecule has 2 rings (SSSR count). The highest BCUT2D eigenvalue weighted by Crippen LogP contribution is 2.28. The Bertz CT molecular complexity index is 700. The van der Waals surface area contributed by atoms with Gasteiger partial charge in [0.05, 0.1) is 16.5 Å². The molecule has 0 aliphatic carbocycles. The quantitative estimate of drug-likeness (QED) is 0.643. The van der Waals surface area contributed by atoms with E-state index in [2.05, 4.69) is 15.3 Å². The van der Waals surface area contributed by atoms with Gasteiger partial charge in [0.15, 0.2) is 0 Å². The van der Waals surface area contributed by atoms with Crippen molar-refractivity contribution in [1.82, 2.24) is 9.97 Å². The van der Waals surface area contributed by atoms with Crippen LogP contribution in [0.25, 0.3) is 0 Å². The summed E-state index contributed by atoms with van der Waals surface area (Å²) in [7, 11) is 0. The van der Waals surface area contributed by atoms with Gasteiger partial charge in [0, 0.05) is 23.3 Å². The van der Waals surface area contributed by atoms with Crippen molar-refractivity contribution < 1.29 is 14.8 Å². The predicted molar refractivity (Wildman–Crippen MR) is 76.7 cm³/mol. The van der Waals surface area contributed by atoms with E-state index in [0.717, 1.165) is 22.1 Å². The average Bonchev–Trinajstić information content (AvgIpc) is 2.85. The standard InChI is InChI=1S/C12H12N4O4S/c1-6-4-14-11(21-6)7(2)15-10-9(16(19)20)3-8(5-13-10)12(17)18/h3-5,7H,1-2H3,(H,13,15)(H,17,18). The molecule has 0 saturated heterocycles. The second-order valence-corrected chi connectivity index (χ2v) is 5.60. The van der Waals surface area contributed by atoms with Crippen molar-refractivity contribution in [3.63, 3.8) is 0 Å². The van der Waals surface area contributed by atoms with Gasteiger partial charge in [0.25, 0.3) is 0 Å². The maximum atomic E-state index is 11.0. The second-order valence-electron chi connectivity index (χ2n) is 4.33. The number of nitro groups is 1. The summed E-state index contributed by atoms with van der Waals surface area (Å²) < 4.78 is 0. The van der Waals surface area contributed by atoms with Crippen molar-refractivity contribution in [2.24, 2.45) is 0 Å². The van der Waals surface area contributed by atoms with Crippen LogP contribution in [0.5, 0.6) is 0 Å². The highest BCUT2D eigenvalue weighted by Gasteiger charge is 2.21. The maximum absolute atomic E-state index is 11.0. The number of aromatic nitrogens is 2. The summed E-state index contributed by atoms with van der Waals surface area (Å²) in [4.78, 5) is 30.3. The van der Waals surface area contributed by atoms with Crippen molar-refractivity contribution in [2.45, 2.75) is 19.9 Å². The van der Waals surface area contributed by atoms with Gasteiger partial charge in [0.1, 0.15) is 5.01 Å². The van der Waals surface area contributed by atoms with E-state index in [9.17, 15) is 14.9 Å². The summed E-state index contributed by atoms with van der Waals surface area (Å²) in [5.74, 6) is -1.24. The molecule has 1 atom stereocenters. The number of nitrogens with one attached hydrogen (secondary N) is 1. The van der Waals surface area contributed by atoms with E-state index in [0.29, 0.717) is 0 Å². The molecule has 0 aromatic carbocycles. The van der Waals surface area contributed by atoms with Crippen molar-refractivity contribution in [2.75, 3.05) is 5.32 Å². The van der Waals surface area contributed by atoms with Crippen LogP contribution in [0.2, 0.25) is 0 Å². The number of hydrogen-bond donors (Lipinski definition) is 2. The van der Waals surface area contributed by atoms with E-state index in [-0.39, 0.29) is 23.1 Å². The van der Waals surface area contributed by atoms with Crippen LogP contribution in [0.3, 0.4) is 0 Å². The zero-order valence-corrected chi connectivity index (χ0v) is 12.0. The summed E-state index contributed by atoms with van der Waals surface area (Å²) in [6, 6.07) is 0.711. The SMILES string of the molecule is Cc1cnc(C(C)Nc2ncc(C(=O)O)cc2[N+](=O)[O-])s1. The van der Waals surface area contributed by atoms with Gasteiger partial charge in [-0.15, -0.1) is 11.3 Å². The van der Waals surface area contributed by atoms with Crippen molar-refractivity contribution in [3.05, 3.63) is 44.0 Å². The lowest BCUT2D eigenvalue weighted by Crippen LogP contribution is -2.10. The molecule has 0 bridgehead atoms. The molecule has 0 saturated carbocycles. The van der Waals surface area contributed by atoms with E-state index in [1.807, 2.05) is 6.92 Å². The number of carboxylic acids is 1. The molecule has 8 nitrogen and oxygen atoms in total. The molecule has 9 heteroatoms. The Hall–Kier alpha value is -2.55. The molecule has 2 heterocycles. The lowest BCUT2D eigenvalue weighted by molar-refractivity contribution is -0.384. The third-order valence-electron chi connectivity index (χ3n) is 2.67. The van der Waals surface area contributed by atoms with E-state index < -0.39 is 10.9 Å². The fourth-order valence-electron chi connectivity index (χ4n) is 1.66. The van der Waals surface area contributed by atoms with Crippen molar-refractivity contribution in [1.29, 1.82) is 0 Å². The van der Waals surface area contributed by atoms with Gasteiger partial charge in [-0.05, 0) is 13.8 Å². The Morgan fingerprint density at radius 3 is 2.71 bits per heavy atom. The van der Waals surface area contributed by atoms with E-state index in [1.165, 1.54) is 11.3 Å². The Morgan fingerprint density at radius 1 is 1.48 bits per heavy atom. The third-order valence-corrected chi connectivity index (χ3v) is 3.77. The minimum absolute atomic E-state index is 0.0188. The van der Waals surface area contributed by atoms with Crippen LogP contribution in [0.4, 0.5) is 11.5 Å². The zero-order valence-electron chi connectivity index (χ0n) is 11.2. The van der Waals surface area contributed by atoms with Crippen LogP contribution in [-0.4, -0.2) is 26.0 Å². The molecular formula is C12H12N4O4S. The predicted octanol–water partition coefficient (Wildman–Crippen LogP) is 2.63. The molecule has 0 aliphatic rings. The molecule has 1 unspecified atom stereocenters. The molecule has 2 aromatic heterocycles. The minimum atomic E-state index is -1.26. The molecule has 0 radical (unpaired) electrons. The van der Waals surface area contributed by atoms with Crippen LogP contribution in [0.1, 0.15) is 33.2 Å². The summed E-state index contributed by atoms with van der Waals surface area (Å²) in [6.45, 7) is 3.71. The number of carboxylic acid groups (broad SMARTS) is 1. The number of pyridine rings is 1. The van der Waals surface area contributed by atoms with E-state index in [4.69, 9.17) is 5.11 Å². The highest BCUT2D eigenvalue weighted by atomic mass is 32.1. The molecular weight excluding hydrogens is 296 g/mol. The molecule has 0 aliphatic heterocycles. The molecule has 0 fully saturated rings. The fraction of sp³-hybridized carbons (Fsp3) is 0.250. The summed E-state index contributed by atoms with van der Waals surface area (Å²) in [6.07, 6.45) is 2.80. The number of aryl methyl sites for hydroxylation is 1. The first-order valence-corrected chi connectivity index (χ1v) is 6.76. The van der Waals surface area contributed by atoms with Crippen LogP contribution in [0.15, 0.2) is 18.5 Å². The molecule has 0 amide bonds. The van der Waals surface area contributed by atoms with Crippen LogP contribution >= 0.6 is 11.3 Å². The Labute approximate surface area is 123 Å². The summed E-state index contributed by atoms with van der Waals surface area (Å²) in [5, 5.41) is 23.6. The lowest BCUT2D eigenvalue weighted by atomic mass is 10.2. The average molecular weight is 308 g/mol. The fourth-order valence-corrected chi connectivity index (χ4v) is 2.44. The number of rotatable bonds is 5. The van der Waals surface area contributed by atoms with Gasteiger partial charge in [-0.3, -0.25) is 10.1 Å². The first kappa shape index (κ1) is 14.9. The molecule has 21 heavy (non-hydrogen) atoms. The maximum Gasteiger partial charge on any atom is 0.337 e. The van der Waals surface area contributed by atoms with E-state index >= 15 is 0 Å². The number of carbonyl (C=O) groups is 1. The molecule has 110 valence electrons. The number of aromatic carboxylic acids is 1. The van der Waals surface area contributed by atoms with Crippen molar-refractivity contribution >= 4 is 28.8 Å². The smallest absolute Gasteiger partial charge is 0.337 e. The lowest BCUT2D eigenvalue weighted by Gasteiger charge is -2.12. The van der Waals surface area contributed by atoms with Gasteiger partial charge in [0.2, 0.25) is 5.82 Å². The largest absolute Gasteiger partial charge is 0.478 e. The molecule has 2 N–H and O–H groups in total. The van der Waals surface area contributed by atoms with Gasteiger partial charge < -0.3 is 10.4 Å². The van der Waals surface area contributed by atoms with Gasteiger partial charge in [-0.25, -0.2) is 14.8 Å². The minimum Gasteiger partial charge on any atom is -0.478 e. The van der Waals surface area contributed by atoms with E-state index in [1.54, 1.807) is 13.1 Å². The van der Waals surface area contributed by atoms with Crippen LogP contribution in [-0.2, 0) is 0 Å². The Kier molecular flexibility index (Phi) is 4.13. The second kappa shape index (κ2) is 5.83. The number of anilines is 1. The highest BCUT2D eigenvalue weighted by molar-refractivity contribution is 7.11. The zero-order chi connectivity index (χ0) is 15.6. The van der Waals surface area contributed by atoms with Gasteiger partial charge >= 0.3 is 11.7 Å². The number of thiazole rings is 1. The number of nitrogens with zero attached hydrogens (tertiary/aromatic N) is 3. The molecule has 0 spiro atoms. The third kappa shape index (κ3) is 3.31. The van der Waals surface area contributed by atoms with Crippen molar-refractivity contribution in [3.8, 4) is 0 Å². The topological polar surface area (TPSA) is 118 Å². The molecule has 2 aromatic rings. The van der Waals surface area contributed by atoms with Crippen LogP contribution in [0, 0.1) is 17.0 Å². The van der Waals surface area contributed by atoms with Gasteiger partial charge in [-0.2, -0.15) is 0 Å². The summed E-state index contributed by atoms with van der Waals surface area (Å²) in [5.41, 5.74) is -0.611. The monoisotopic (exact) mass is 308 g/mol. The Balaban J connectivity index is 2.31. The van der Waals surface area contributed by atoms with Crippen LogP contribution < -0.4 is 5.32 Å². The number of hydrogen-bond acceptors (Lipinski definition) is 7. The summed E-state index contributed by atoms with van der Waals surface area (Å²) >= 11 is 1.47. The Morgan fingerprint density at radius 2 is 2.19 bits per heavy atom. The normalized spacial score (nSPS) is 11.9. The first-order chi connectivity index (χ1) is 9.88.